The van der Waals surface area contributed by atoms with Crippen LogP contribution in [0.25, 0.3) is 0 Å². The Balaban J connectivity index is 2.23. The molecule has 0 atom stereocenters. The molecule has 0 aromatic rings. The monoisotopic (exact) mass is 213 g/mol. The van der Waals surface area contributed by atoms with Crippen molar-refractivity contribution < 1.29 is 14.3 Å². The van der Waals surface area contributed by atoms with Crippen LogP contribution in [0.15, 0.2) is 0 Å². The summed E-state index contributed by atoms with van der Waals surface area (Å²) in [7, 11) is 1.72. The number of carbonyl (C=O) groups excluding carboxylic acids is 2. The summed E-state index contributed by atoms with van der Waals surface area (Å²) in [5.74, 6) is -0.235. The molecule has 1 fully saturated rings. The number of carbonyl (C=O) groups is 2. The maximum absolute atomic E-state index is 11.3. The first kappa shape index (κ1) is 12.2. The fourth-order valence-electron chi connectivity index (χ4n) is 1.95. The van der Waals surface area contributed by atoms with Gasteiger partial charge in [0.15, 0.2) is 0 Å². The van der Waals surface area contributed by atoms with Crippen LogP contribution in [-0.2, 0) is 14.3 Å². The number of hydrogen-bond donors (Lipinski definition) is 1. The molecule has 1 rings (SSSR count). The Morgan fingerprint density at radius 2 is 1.87 bits per heavy atom. The highest BCUT2D eigenvalue weighted by Gasteiger charge is 2.22. The lowest BCUT2D eigenvalue weighted by Gasteiger charge is -2.28. The summed E-state index contributed by atoms with van der Waals surface area (Å²) >= 11 is 0. The van der Waals surface area contributed by atoms with Crippen molar-refractivity contribution in [1.82, 2.24) is 5.32 Å². The van der Waals surface area contributed by atoms with E-state index in [0.29, 0.717) is 6.10 Å². The summed E-state index contributed by atoms with van der Waals surface area (Å²) in [5, 5.41) is 2.88. The molecule has 86 valence electrons. The highest BCUT2D eigenvalue weighted by atomic mass is 16.5. The van der Waals surface area contributed by atoms with E-state index in [1.165, 1.54) is 6.92 Å². The third kappa shape index (κ3) is 4.42. The fourth-order valence-corrected chi connectivity index (χ4v) is 1.95. The van der Waals surface area contributed by atoms with E-state index in [-0.39, 0.29) is 24.2 Å². The van der Waals surface area contributed by atoms with E-state index in [0.717, 1.165) is 25.7 Å². The zero-order chi connectivity index (χ0) is 11.3. The standard InChI is InChI=1S/C11H19NO3/c1-8(13)7-11(14)12-9-3-5-10(15-2)6-4-9/h9-10H,3-7H2,1-2H3,(H,12,14). The minimum atomic E-state index is -0.150. The van der Waals surface area contributed by atoms with Crippen LogP contribution < -0.4 is 5.32 Å². The van der Waals surface area contributed by atoms with Gasteiger partial charge in [0.2, 0.25) is 5.91 Å². The summed E-state index contributed by atoms with van der Waals surface area (Å²) in [6, 6.07) is 0.225. The number of methoxy groups -OCH3 is 1. The second-order valence-corrected chi connectivity index (χ2v) is 4.16. The van der Waals surface area contributed by atoms with Gasteiger partial charge < -0.3 is 10.1 Å². The van der Waals surface area contributed by atoms with Crippen molar-refractivity contribution in [3.05, 3.63) is 0 Å². The van der Waals surface area contributed by atoms with E-state index >= 15 is 0 Å². The van der Waals surface area contributed by atoms with Gasteiger partial charge >= 0.3 is 0 Å². The fraction of sp³-hybridized carbons (Fsp3) is 0.818. The first-order valence-corrected chi connectivity index (χ1v) is 5.43. The molecule has 1 saturated carbocycles. The average molecular weight is 213 g/mol. The molecule has 1 aliphatic rings. The molecule has 0 bridgehead atoms. The Morgan fingerprint density at radius 3 is 2.33 bits per heavy atom. The van der Waals surface area contributed by atoms with Crippen LogP contribution in [0.3, 0.4) is 0 Å². The lowest BCUT2D eigenvalue weighted by molar-refractivity contribution is -0.127. The summed E-state index contributed by atoms with van der Waals surface area (Å²) in [6.07, 6.45) is 4.21. The molecular formula is C11H19NO3. The Bertz CT molecular complexity index is 232. The summed E-state index contributed by atoms with van der Waals surface area (Å²) in [5.41, 5.74) is 0. The predicted octanol–water partition coefficient (Wildman–Crippen LogP) is 1.04. The quantitative estimate of drug-likeness (QED) is 0.710. The van der Waals surface area contributed by atoms with Crippen molar-refractivity contribution in [2.24, 2.45) is 0 Å². The molecule has 0 saturated heterocycles. The normalized spacial score (nSPS) is 26.0. The third-order valence-electron chi connectivity index (χ3n) is 2.78. The van der Waals surface area contributed by atoms with Crippen LogP contribution in [0.1, 0.15) is 39.0 Å². The molecule has 0 aromatic carbocycles. The second kappa shape index (κ2) is 5.85. The molecule has 1 amide bonds. The summed E-state index contributed by atoms with van der Waals surface area (Å²) in [6.45, 7) is 1.43. The van der Waals surface area contributed by atoms with E-state index in [9.17, 15) is 9.59 Å². The van der Waals surface area contributed by atoms with Crippen LogP contribution in [0, 0.1) is 0 Å². The van der Waals surface area contributed by atoms with Crippen LogP contribution in [0.5, 0.6) is 0 Å². The van der Waals surface area contributed by atoms with E-state index in [2.05, 4.69) is 5.32 Å². The zero-order valence-electron chi connectivity index (χ0n) is 9.41. The molecule has 0 unspecified atom stereocenters. The number of ketones is 1. The lowest BCUT2D eigenvalue weighted by Crippen LogP contribution is -2.39. The predicted molar refractivity (Wildman–Crippen MR) is 56.5 cm³/mol. The Morgan fingerprint density at radius 1 is 1.27 bits per heavy atom. The van der Waals surface area contributed by atoms with E-state index in [1.807, 2.05) is 0 Å². The van der Waals surface area contributed by atoms with Gasteiger partial charge in [-0.1, -0.05) is 0 Å². The van der Waals surface area contributed by atoms with E-state index < -0.39 is 0 Å². The van der Waals surface area contributed by atoms with Crippen molar-refractivity contribution in [3.8, 4) is 0 Å². The van der Waals surface area contributed by atoms with Crippen LogP contribution in [-0.4, -0.2) is 30.9 Å². The molecular weight excluding hydrogens is 194 g/mol. The number of amides is 1. The smallest absolute Gasteiger partial charge is 0.227 e. The number of ether oxygens (including phenoxy) is 1. The Kier molecular flexibility index (Phi) is 4.75. The van der Waals surface area contributed by atoms with Gasteiger partial charge in [0, 0.05) is 13.2 Å². The highest BCUT2D eigenvalue weighted by Crippen LogP contribution is 2.20. The van der Waals surface area contributed by atoms with Crippen molar-refractivity contribution in [2.75, 3.05) is 7.11 Å². The zero-order valence-corrected chi connectivity index (χ0v) is 9.41. The molecule has 15 heavy (non-hydrogen) atoms. The van der Waals surface area contributed by atoms with Gasteiger partial charge in [0.1, 0.15) is 5.78 Å². The number of Topliss-reactive ketones (excluding diaryl/α,β-unsaturated/α-hetero) is 1. The van der Waals surface area contributed by atoms with E-state index in [1.54, 1.807) is 7.11 Å². The van der Waals surface area contributed by atoms with Crippen LogP contribution in [0.2, 0.25) is 0 Å². The van der Waals surface area contributed by atoms with Crippen molar-refractivity contribution in [3.63, 3.8) is 0 Å². The molecule has 0 heterocycles. The topological polar surface area (TPSA) is 55.4 Å². The maximum Gasteiger partial charge on any atom is 0.227 e. The minimum absolute atomic E-state index is 0.00417. The summed E-state index contributed by atoms with van der Waals surface area (Å²) in [4.78, 5) is 22.0. The molecule has 4 nitrogen and oxygen atoms in total. The molecule has 0 aromatic heterocycles. The minimum Gasteiger partial charge on any atom is -0.381 e. The van der Waals surface area contributed by atoms with Gasteiger partial charge in [-0.15, -0.1) is 0 Å². The van der Waals surface area contributed by atoms with Gasteiger partial charge in [-0.3, -0.25) is 9.59 Å². The van der Waals surface area contributed by atoms with Gasteiger partial charge in [-0.05, 0) is 32.6 Å². The maximum atomic E-state index is 11.3. The van der Waals surface area contributed by atoms with Crippen LogP contribution >= 0.6 is 0 Å². The van der Waals surface area contributed by atoms with Crippen molar-refractivity contribution in [2.45, 2.75) is 51.2 Å². The molecule has 1 aliphatic carbocycles. The first-order valence-electron chi connectivity index (χ1n) is 5.43. The lowest BCUT2D eigenvalue weighted by atomic mass is 9.93. The number of rotatable bonds is 4. The van der Waals surface area contributed by atoms with Gasteiger partial charge in [-0.2, -0.15) is 0 Å². The van der Waals surface area contributed by atoms with Gasteiger partial charge in [0.05, 0.1) is 12.5 Å². The van der Waals surface area contributed by atoms with Gasteiger partial charge in [-0.25, -0.2) is 0 Å². The number of nitrogens with one attached hydrogen (secondary N) is 1. The molecule has 0 aliphatic heterocycles. The molecule has 0 spiro atoms. The molecule has 1 N–H and O–H groups in total. The second-order valence-electron chi connectivity index (χ2n) is 4.16. The van der Waals surface area contributed by atoms with Gasteiger partial charge in [0.25, 0.3) is 0 Å². The Labute approximate surface area is 90.4 Å². The largest absolute Gasteiger partial charge is 0.381 e. The average Bonchev–Trinajstić information content (AvgIpc) is 2.17. The third-order valence-corrected chi connectivity index (χ3v) is 2.78. The van der Waals surface area contributed by atoms with Crippen LogP contribution in [0.4, 0.5) is 0 Å². The van der Waals surface area contributed by atoms with Crippen molar-refractivity contribution in [1.29, 1.82) is 0 Å². The molecule has 0 radical (unpaired) electrons. The Hall–Kier alpha value is -0.900. The summed E-state index contributed by atoms with van der Waals surface area (Å²) < 4.78 is 5.24. The first-order chi connectivity index (χ1) is 7.11. The SMILES string of the molecule is COC1CCC(NC(=O)CC(C)=O)CC1. The molecule has 4 heteroatoms. The highest BCUT2D eigenvalue weighted by molar-refractivity contribution is 5.96. The van der Waals surface area contributed by atoms with Crippen molar-refractivity contribution >= 4 is 11.7 Å². The number of hydrogen-bond acceptors (Lipinski definition) is 3. The van der Waals surface area contributed by atoms with E-state index in [4.69, 9.17) is 4.74 Å².